The molecule has 0 spiro atoms. The second-order valence-corrected chi connectivity index (χ2v) is 9.01. The Morgan fingerprint density at radius 3 is 2.67 bits per heavy atom. The molecule has 2 fully saturated rings. The Labute approximate surface area is 126 Å². The van der Waals surface area contributed by atoms with Gasteiger partial charge in [0.05, 0.1) is 6.61 Å². The molecule has 0 aromatic carbocycles. The highest BCUT2D eigenvalue weighted by Crippen LogP contribution is 2.38. The van der Waals surface area contributed by atoms with E-state index < -0.39 is 10.0 Å². The normalized spacial score (nSPS) is 23.4. The monoisotopic (exact) mass is 312 g/mol. The molecule has 1 saturated carbocycles. The van der Waals surface area contributed by atoms with E-state index in [4.69, 9.17) is 0 Å². The molecule has 1 aromatic heterocycles. The molecule has 6 heteroatoms. The predicted molar refractivity (Wildman–Crippen MR) is 80.4 cm³/mol. The molecule has 21 heavy (non-hydrogen) atoms. The highest BCUT2D eigenvalue weighted by Gasteiger charge is 2.36. The minimum atomic E-state index is -3.45. The number of nitrogens with zero attached hydrogens (tertiary/aromatic N) is 2. The zero-order valence-electron chi connectivity index (χ0n) is 12.7. The molecule has 1 aromatic rings. The van der Waals surface area contributed by atoms with Crippen LogP contribution in [0.3, 0.4) is 0 Å². The maximum atomic E-state index is 12.8. The number of aliphatic hydroxyl groups is 1. The number of piperidine rings is 1. The molecule has 0 atom stereocenters. The van der Waals surface area contributed by atoms with Crippen molar-refractivity contribution in [3.8, 4) is 0 Å². The fraction of sp³-hybridized carbons (Fsp3) is 0.733. The van der Waals surface area contributed by atoms with Crippen LogP contribution in [-0.2, 0) is 16.6 Å². The Morgan fingerprint density at radius 2 is 2.10 bits per heavy atom. The van der Waals surface area contributed by atoms with E-state index in [-0.39, 0.29) is 12.0 Å². The Bertz CT molecular complexity index is 629. The summed E-state index contributed by atoms with van der Waals surface area (Å²) >= 11 is 0. The highest BCUT2D eigenvalue weighted by atomic mass is 32.2. The summed E-state index contributed by atoms with van der Waals surface area (Å²) in [6, 6.07) is 2.00. The summed E-state index contributed by atoms with van der Waals surface area (Å²) in [5, 5.41) is 9.44. The number of sulfonamides is 1. The molecule has 1 N–H and O–H groups in total. The van der Waals surface area contributed by atoms with E-state index in [1.165, 1.54) is 0 Å². The third kappa shape index (κ3) is 2.89. The molecule has 1 aliphatic carbocycles. The van der Waals surface area contributed by atoms with Crippen molar-refractivity contribution in [1.29, 1.82) is 0 Å². The summed E-state index contributed by atoms with van der Waals surface area (Å²) in [6.45, 7) is 5.27. The second kappa shape index (κ2) is 5.11. The summed E-state index contributed by atoms with van der Waals surface area (Å²) in [6.07, 6.45) is 5.81. The van der Waals surface area contributed by atoms with Gasteiger partial charge in [-0.1, -0.05) is 13.8 Å². The molecule has 1 aliphatic heterocycles. The van der Waals surface area contributed by atoms with Crippen molar-refractivity contribution in [2.24, 2.45) is 5.41 Å². The number of hydrogen-bond donors (Lipinski definition) is 1. The number of aliphatic hydroxyl groups excluding tert-OH is 1. The summed E-state index contributed by atoms with van der Waals surface area (Å²) in [5.74, 6) is 0. The second-order valence-electron chi connectivity index (χ2n) is 7.07. The molecule has 0 radical (unpaired) electrons. The van der Waals surface area contributed by atoms with E-state index in [1.807, 2.05) is 4.57 Å². The zero-order chi connectivity index (χ0) is 15.3. The smallest absolute Gasteiger partial charge is 0.244 e. The van der Waals surface area contributed by atoms with Crippen molar-refractivity contribution in [2.45, 2.75) is 57.1 Å². The van der Waals surface area contributed by atoms with Gasteiger partial charge in [-0.15, -0.1) is 0 Å². The standard InChI is InChI=1S/C15H24N2O3S/c1-15(2)6-3-7-16(11-15)21(19,20)14-8-13(10-18)17(9-14)12-4-5-12/h8-9,12,18H,3-7,10-11H2,1-2H3. The van der Waals surface area contributed by atoms with Gasteiger partial charge in [-0.2, -0.15) is 4.31 Å². The van der Waals surface area contributed by atoms with E-state index >= 15 is 0 Å². The first-order valence-electron chi connectivity index (χ1n) is 7.65. The first kappa shape index (κ1) is 15.1. The maximum Gasteiger partial charge on any atom is 0.244 e. The highest BCUT2D eigenvalue weighted by molar-refractivity contribution is 7.89. The van der Waals surface area contributed by atoms with Crippen LogP contribution in [0.2, 0.25) is 0 Å². The van der Waals surface area contributed by atoms with Crippen LogP contribution in [0.5, 0.6) is 0 Å². The minimum absolute atomic E-state index is 0.0319. The lowest BCUT2D eigenvalue weighted by atomic mass is 9.85. The van der Waals surface area contributed by atoms with Gasteiger partial charge in [0.15, 0.2) is 0 Å². The van der Waals surface area contributed by atoms with Crippen LogP contribution in [-0.4, -0.2) is 35.5 Å². The van der Waals surface area contributed by atoms with E-state index in [9.17, 15) is 13.5 Å². The molecule has 0 bridgehead atoms. The molecule has 3 rings (SSSR count). The van der Waals surface area contributed by atoms with Crippen LogP contribution in [0.25, 0.3) is 0 Å². The molecule has 2 heterocycles. The first-order valence-corrected chi connectivity index (χ1v) is 9.09. The maximum absolute atomic E-state index is 12.8. The third-order valence-electron chi connectivity index (χ3n) is 4.51. The molecule has 0 amide bonds. The van der Waals surface area contributed by atoms with Gasteiger partial charge in [0.2, 0.25) is 10.0 Å². The predicted octanol–water partition coefficient (Wildman–Crippen LogP) is 2.13. The lowest BCUT2D eigenvalue weighted by molar-refractivity contribution is 0.187. The number of hydrogen-bond acceptors (Lipinski definition) is 3. The van der Waals surface area contributed by atoms with E-state index in [0.717, 1.165) is 25.7 Å². The Kier molecular flexibility index (Phi) is 3.66. The van der Waals surface area contributed by atoms with Crippen molar-refractivity contribution in [3.05, 3.63) is 18.0 Å². The molecule has 118 valence electrons. The number of rotatable bonds is 4. The van der Waals surface area contributed by atoms with Gasteiger partial charge in [-0.3, -0.25) is 0 Å². The first-order chi connectivity index (χ1) is 9.83. The van der Waals surface area contributed by atoms with Crippen molar-refractivity contribution >= 4 is 10.0 Å². The van der Waals surface area contributed by atoms with Crippen molar-refractivity contribution < 1.29 is 13.5 Å². The fourth-order valence-corrected chi connectivity index (χ4v) is 4.90. The fourth-order valence-electron chi connectivity index (χ4n) is 3.18. The average Bonchev–Trinajstić information content (AvgIpc) is 3.16. The lowest BCUT2D eigenvalue weighted by Crippen LogP contribution is -2.43. The van der Waals surface area contributed by atoms with Crippen LogP contribution >= 0.6 is 0 Å². The topological polar surface area (TPSA) is 62.5 Å². The van der Waals surface area contributed by atoms with Gasteiger partial charge in [0.1, 0.15) is 4.90 Å². The largest absolute Gasteiger partial charge is 0.390 e. The van der Waals surface area contributed by atoms with Crippen LogP contribution in [0.15, 0.2) is 17.2 Å². The molecular formula is C15H24N2O3S. The molecule has 5 nitrogen and oxygen atoms in total. The van der Waals surface area contributed by atoms with Crippen LogP contribution in [0.4, 0.5) is 0 Å². The average molecular weight is 312 g/mol. The van der Waals surface area contributed by atoms with Crippen molar-refractivity contribution in [1.82, 2.24) is 8.87 Å². The van der Waals surface area contributed by atoms with E-state index in [1.54, 1.807) is 16.6 Å². The summed E-state index contributed by atoms with van der Waals surface area (Å²) in [4.78, 5) is 0.330. The Morgan fingerprint density at radius 1 is 1.38 bits per heavy atom. The van der Waals surface area contributed by atoms with Gasteiger partial charge in [0.25, 0.3) is 0 Å². The molecular weight excluding hydrogens is 288 g/mol. The molecule has 0 unspecified atom stereocenters. The van der Waals surface area contributed by atoms with Crippen LogP contribution in [0, 0.1) is 5.41 Å². The van der Waals surface area contributed by atoms with Crippen LogP contribution < -0.4 is 0 Å². The van der Waals surface area contributed by atoms with Crippen molar-refractivity contribution in [2.75, 3.05) is 13.1 Å². The van der Waals surface area contributed by atoms with Gasteiger partial charge >= 0.3 is 0 Å². The Hall–Kier alpha value is -0.850. The SMILES string of the molecule is CC1(C)CCCN(S(=O)(=O)c2cc(CO)n(C3CC3)c2)C1. The lowest BCUT2D eigenvalue weighted by Gasteiger charge is -2.36. The summed E-state index contributed by atoms with van der Waals surface area (Å²) in [5.41, 5.74) is 0.733. The van der Waals surface area contributed by atoms with Crippen molar-refractivity contribution in [3.63, 3.8) is 0 Å². The Balaban J connectivity index is 1.91. The quantitative estimate of drug-likeness (QED) is 0.926. The van der Waals surface area contributed by atoms with Gasteiger partial charge in [-0.05, 0) is 37.2 Å². The third-order valence-corrected chi connectivity index (χ3v) is 6.32. The number of aromatic nitrogens is 1. The molecule has 1 saturated heterocycles. The van der Waals surface area contributed by atoms with E-state index in [2.05, 4.69) is 13.8 Å². The van der Waals surface area contributed by atoms with E-state index in [0.29, 0.717) is 29.7 Å². The van der Waals surface area contributed by atoms with Crippen LogP contribution in [0.1, 0.15) is 51.3 Å². The summed E-state index contributed by atoms with van der Waals surface area (Å²) in [7, 11) is -3.45. The van der Waals surface area contributed by atoms with Gasteiger partial charge in [-0.25, -0.2) is 8.42 Å². The zero-order valence-corrected chi connectivity index (χ0v) is 13.6. The summed E-state index contributed by atoms with van der Waals surface area (Å²) < 4.78 is 29.2. The van der Waals surface area contributed by atoms with Gasteiger partial charge < -0.3 is 9.67 Å². The molecule has 2 aliphatic rings. The minimum Gasteiger partial charge on any atom is -0.390 e. The van der Waals surface area contributed by atoms with Gasteiger partial charge in [0, 0.05) is 31.0 Å².